The summed E-state index contributed by atoms with van der Waals surface area (Å²) in [5, 5.41) is 4.14. The lowest BCUT2D eigenvalue weighted by atomic mass is 9.82. The quantitative estimate of drug-likeness (QED) is 0.309. The van der Waals surface area contributed by atoms with E-state index in [1.54, 1.807) is 27.2 Å². The molecule has 0 unspecified atom stereocenters. The number of amides is 1. The number of hydrogen-bond acceptors (Lipinski definition) is 8. The maximum absolute atomic E-state index is 14.7. The van der Waals surface area contributed by atoms with Crippen molar-refractivity contribution in [3.05, 3.63) is 52.8 Å². The number of carbonyl (C=O) groups is 1. The predicted molar refractivity (Wildman–Crippen MR) is 157 cm³/mol. The molecule has 1 aliphatic heterocycles. The molecule has 0 spiro atoms. The molecule has 1 saturated heterocycles. The molecule has 1 saturated carbocycles. The van der Waals surface area contributed by atoms with Gasteiger partial charge in [0.2, 0.25) is 5.91 Å². The van der Waals surface area contributed by atoms with Crippen molar-refractivity contribution in [1.82, 2.24) is 14.9 Å². The Morgan fingerprint density at radius 1 is 1.14 bits per heavy atom. The molecule has 2 heterocycles. The Hall–Kier alpha value is -3.57. The fourth-order valence-corrected chi connectivity index (χ4v) is 5.86. The minimum atomic E-state index is -3.18. The predicted octanol–water partition coefficient (Wildman–Crippen LogP) is 5.31. The maximum atomic E-state index is 14.7. The van der Waals surface area contributed by atoms with E-state index in [0.717, 1.165) is 23.8 Å². The van der Waals surface area contributed by atoms with Crippen molar-refractivity contribution in [2.24, 2.45) is 5.92 Å². The van der Waals surface area contributed by atoms with E-state index in [1.165, 1.54) is 19.2 Å². The SMILES string of the molecule is COCC(F)(F)c1cc(N)cc([C@@H](C)Nc2nc(C)nc3cc(OC)c(C4(OC)CCN(C(=O)C5CC5)CC4)cc23)c1. The van der Waals surface area contributed by atoms with Gasteiger partial charge >= 0.3 is 0 Å². The number of methoxy groups -OCH3 is 3. The molecule has 42 heavy (non-hydrogen) atoms. The number of ether oxygens (including phenoxy) is 3. The van der Waals surface area contributed by atoms with E-state index in [1.807, 2.05) is 24.0 Å². The number of carbonyl (C=O) groups excluding carboxylic acids is 1. The Labute approximate surface area is 244 Å². The highest BCUT2D eigenvalue weighted by atomic mass is 19.3. The van der Waals surface area contributed by atoms with Crippen LogP contribution in [0.4, 0.5) is 20.3 Å². The zero-order valence-electron chi connectivity index (χ0n) is 24.8. The summed E-state index contributed by atoms with van der Waals surface area (Å²) in [6, 6.07) is 7.83. The third-order valence-corrected chi connectivity index (χ3v) is 8.40. The van der Waals surface area contributed by atoms with Crippen LogP contribution in [-0.4, -0.2) is 61.8 Å². The van der Waals surface area contributed by atoms with Gasteiger partial charge in [0.1, 0.15) is 24.0 Å². The van der Waals surface area contributed by atoms with Gasteiger partial charge in [0.15, 0.2) is 0 Å². The standard InChI is InChI=1S/C31H39F2N5O4/c1-18(21-12-22(14-23(34)13-21)31(32,33)17-40-3)35-28-24-15-25(27(41-4)16-26(24)36-19(2)37-28)30(42-5)8-10-38(11-9-30)29(39)20-6-7-20/h12-16,18,20H,6-11,17,34H2,1-5H3,(H,35,36,37)/t18-/m1/s1. The molecule has 1 aromatic heterocycles. The second kappa shape index (κ2) is 11.6. The first-order valence-corrected chi connectivity index (χ1v) is 14.3. The average Bonchev–Trinajstić information content (AvgIpc) is 3.81. The third kappa shape index (κ3) is 5.85. The van der Waals surface area contributed by atoms with Gasteiger partial charge < -0.3 is 30.2 Å². The second-order valence-electron chi connectivity index (χ2n) is 11.4. The Bertz CT molecular complexity index is 1470. The highest BCUT2D eigenvalue weighted by Crippen LogP contribution is 2.44. The van der Waals surface area contributed by atoms with Gasteiger partial charge in [-0.2, -0.15) is 8.78 Å². The Morgan fingerprint density at radius 3 is 2.48 bits per heavy atom. The number of aromatic nitrogens is 2. The number of benzene rings is 2. The number of halogens is 2. The minimum Gasteiger partial charge on any atom is -0.496 e. The zero-order chi connectivity index (χ0) is 30.2. The minimum absolute atomic E-state index is 0.175. The number of nitrogens with zero attached hydrogens (tertiary/aromatic N) is 3. The number of nitrogens with two attached hydrogens (primary N) is 1. The van der Waals surface area contributed by atoms with Gasteiger partial charge in [0.05, 0.1) is 24.3 Å². The molecular weight excluding hydrogens is 544 g/mol. The fourth-order valence-electron chi connectivity index (χ4n) is 5.86. The number of rotatable bonds is 10. The lowest BCUT2D eigenvalue weighted by molar-refractivity contribution is -0.138. The van der Waals surface area contributed by atoms with Gasteiger partial charge in [-0.1, -0.05) is 0 Å². The number of nitrogen functional groups attached to an aromatic ring is 1. The summed E-state index contributed by atoms with van der Waals surface area (Å²) in [7, 11) is 4.54. The Balaban J connectivity index is 1.50. The van der Waals surface area contributed by atoms with Crippen molar-refractivity contribution in [3.63, 3.8) is 0 Å². The highest BCUT2D eigenvalue weighted by Gasteiger charge is 2.42. The molecule has 2 aromatic carbocycles. The van der Waals surface area contributed by atoms with Crippen molar-refractivity contribution < 1.29 is 27.8 Å². The first kappa shape index (κ1) is 29.9. The van der Waals surface area contributed by atoms with Gasteiger partial charge in [-0.15, -0.1) is 0 Å². The largest absolute Gasteiger partial charge is 0.496 e. The van der Waals surface area contributed by atoms with Crippen LogP contribution >= 0.6 is 0 Å². The number of anilines is 2. The van der Waals surface area contributed by atoms with E-state index in [2.05, 4.69) is 15.3 Å². The van der Waals surface area contributed by atoms with Crippen molar-refractivity contribution >= 4 is 28.3 Å². The summed E-state index contributed by atoms with van der Waals surface area (Å²) in [6.07, 6.45) is 3.20. The van der Waals surface area contributed by atoms with Gasteiger partial charge in [0, 0.05) is 61.5 Å². The van der Waals surface area contributed by atoms with Crippen molar-refractivity contribution in [1.29, 1.82) is 0 Å². The summed E-state index contributed by atoms with van der Waals surface area (Å²) >= 11 is 0. The lowest BCUT2D eigenvalue weighted by Crippen LogP contribution is -2.46. The monoisotopic (exact) mass is 583 g/mol. The third-order valence-electron chi connectivity index (χ3n) is 8.40. The van der Waals surface area contributed by atoms with Gasteiger partial charge in [-0.05, 0) is 69.4 Å². The fraction of sp³-hybridized carbons (Fsp3) is 0.516. The van der Waals surface area contributed by atoms with Crippen LogP contribution in [0.15, 0.2) is 30.3 Å². The molecule has 11 heteroatoms. The number of fused-ring (bicyclic) bond motifs is 1. The molecule has 3 N–H and O–H groups in total. The van der Waals surface area contributed by atoms with Crippen LogP contribution in [0.25, 0.3) is 10.9 Å². The second-order valence-corrected chi connectivity index (χ2v) is 11.4. The molecule has 0 radical (unpaired) electrons. The molecule has 226 valence electrons. The number of hydrogen-bond donors (Lipinski definition) is 2. The van der Waals surface area contributed by atoms with E-state index in [-0.39, 0.29) is 23.1 Å². The smallest absolute Gasteiger partial charge is 0.296 e. The molecular formula is C31H39F2N5O4. The average molecular weight is 584 g/mol. The number of nitrogens with one attached hydrogen (secondary N) is 1. The van der Waals surface area contributed by atoms with Crippen LogP contribution < -0.4 is 15.8 Å². The molecule has 1 aliphatic carbocycles. The molecule has 1 amide bonds. The number of piperidine rings is 1. The van der Waals surface area contributed by atoms with Crippen LogP contribution in [0.1, 0.15) is 61.2 Å². The molecule has 3 aromatic rings. The zero-order valence-corrected chi connectivity index (χ0v) is 24.8. The molecule has 1 atom stereocenters. The van der Waals surface area contributed by atoms with E-state index in [9.17, 15) is 13.6 Å². The van der Waals surface area contributed by atoms with Gasteiger partial charge in [-0.3, -0.25) is 4.79 Å². The van der Waals surface area contributed by atoms with E-state index in [4.69, 9.17) is 19.9 Å². The van der Waals surface area contributed by atoms with Gasteiger partial charge in [0.25, 0.3) is 5.92 Å². The first-order chi connectivity index (χ1) is 20.0. The molecule has 2 aliphatic rings. The Kier molecular flexibility index (Phi) is 8.26. The van der Waals surface area contributed by atoms with Gasteiger partial charge in [-0.25, -0.2) is 9.97 Å². The maximum Gasteiger partial charge on any atom is 0.296 e. The Morgan fingerprint density at radius 2 is 1.86 bits per heavy atom. The van der Waals surface area contributed by atoms with Crippen LogP contribution in [0, 0.1) is 12.8 Å². The lowest BCUT2D eigenvalue weighted by Gasteiger charge is -2.42. The van der Waals surface area contributed by atoms with Crippen LogP contribution in [0.5, 0.6) is 5.75 Å². The van der Waals surface area contributed by atoms with Crippen molar-refractivity contribution in [2.45, 2.75) is 57.1 Å². The summed E-state index contributed by atoms with van der Waals surface area (Å²) in [4.78, 5) is 24.0. The normalized spacial score (nSPS) is 17.7. The number of alkyl halides is 2. The van der Waals surface area contributed by atoms with Crippen molar-refractivity contribution in [3.8, 4) is 5.75 Å². The summed E-state index contributed by atoms with van der Waals surface area (Å²) in [5.74, 6) is -1.04. The topological polar surface area (TPSA) is 112 Å². The highest BCUT2D eigenvalue weighted by molar-refractivity contribution is 5.91. The molecule has 5 rings (SSSR count). The summed E-state index contributed by atoms with van der Waals surface area (Å²) in [5.41, 5.74) is 7.50. The van der Waals surface area contributed by atoms with E-state index >= 15 is 0 Å². The van der Waals surface area contributed by atoms with Crippen LogP contribution in [-0.2, 0) is 25.8 Å². The van der Waals surface area contributed by atoms with E-state index in [0.29, 0.717) is 54.4 Å². The summed E-state index contributed by atoms with van der Waals surface area (Å²) in [6.45, 7) is 4.11. The number of aryl methyl sites for hydroxylation is 1. The van der Waals surface area contributed by atoms with Crippen LogP contribution in [0.3, 0.4) is 0 Å². The summed E-state index contributed by atoms with van der Waals surface area (Å²) < 4.78 is 46.1. The molecule has 0 bridgehead atoms. The first-order valence-electron chi connectivity index (χ1n) is 14.3. The molecule has 9 nitrogen and oxygen atoms in total. The molecule has 2 fully saturated rings. The van der Waals surface area contributed by atoms with Crippen molar-refractivity contribution in [2.75, 3.05) is 52.1 Å². The number of likely N-dealkylation sites (tertiary alicyclic amines) is 1. The van der Waals surface area contributed by atoms with E-state index < -0.39 is 24.2 Å². The van der Waals surface area contributed by atoms with Crippen LogP contribution in [0.2, 0.25) is 0 Å².